The van der Waals surface area contributed by atoms with Crippen molar-refractivity contribution in [3.8, 4) is 0 Å². The molecule has 0 saturated carbocycles. The molecular weight excluding hydrogens is 467 g/mol. The first kappa shape index (κ1) is 21.6. The molecular formula is C17H24BrFN6OS2. The molecule has 11 heteroatoms. The van der Waals surface area contributed by atoms with Crippen molar-refractivity contribution in [2.45, 2.75) is 36.6 Å². The van der Waals surface area contributed by atoms with Crippen molar-refractivity contribution < 1.29 is 8.60 Å². The van der Waals surface area contributed by atoms with Crippen molar-refractivity contribution in [3.63, 3.8) is 0 Å². The summed E-state index contributed by atoms with van der Waals surface area (Å²) < 4.78 is 33.8. The molecule has 2 unspecified atom stereocenters. The van der Waals surface area contributed by atoms with Gasteiger partial charge in [0.05, 0.1) is 10.6 Å². The highest BCUT2D eigenvalue weighted by molar-refractivity contribution is 9.10. The van der Waals surface area contributed by atoms with Gasteiger partial charge in [0.15, 0.2) is 11.0 Å². The Morgan fingerprint density at radius 2 is 2.21 bits per heavy atom. The maximum atomic E-state index is 14.4. The molecule has 7 nitrogen and oxygen atoms in total. The number of hydrogen-bond donors (Lipinski definition) is 4. The third-order valence-corrected chi connectivity index (χ3v) is 7.06. The lowest BCUT2D eigenvalue weighted by molar-refractivity contribution is 0.384. The topological polar surface area (TPSA) is 91.0 Å². The number of nitrogens with one attached hydrogen (secondary N) is 4. The lowest BCUT2D eigenvalue weighted by Crippen LogP contribution is -2.44. The van der Waals surface area contributed by atoms with E-state index in [9.17, 15) is 8.60 Å². The highest BCUT2D eigenvalue weighted by Gasteiger charge is 2.26. The third kappa shape index (κ3) is 5.93. The first-order chi connectivity index (χ1) is 13.5. The van der Waals surface area contributed by atoms with Gasteiger partial charge in [-0.25, -0.2) is 13.6 Å². The van der Waals surface area contributed by atoms with Crippen LogP contribution in [0.2, 0.25) is 0 Å². The molecule has 2 atom stereocenters. The van der Waals surface area contributed by atoms with Gasteiger partial charge in [-0.2, -0.15) is 4.37 Å². The Labute approximate surface area is 179 Å². The zero-order valence-electron chi connectivity index (χ0n) is 15.6. The van der Waals surface area contributed by atoms with Gasteiger partial charge in [0, 0.05) is 34.6 Å². The third-order valence-electron chi connectivity index (χ3n) is 4.60. The summed E-state index contributed by atoms with van der Waals surface area (Å²) in [6.07, 6.45) is 4.51. The molecule has 1 aromatic heterocycles. The number of nitrogens with zero attached hydrogens (tertiary/aromatic N) is 2. The highest BCUT2D eigenvalue weighted by atomic mass is 79.9. The van der Waals surface area contributed by atoms with E-state index in [1.54, 1.807) is 0 Å². The number of rotatable bonds is 10. The predicted octanol–water partition coefficient (Wildman–Crippen LogP) is 3.11. The number of hydrogen-bond acceptors (Lipinski definition) is 7. The fourth-order valence-corrected chi connectivity index (χ4v) is 5.07. The van der Waals surface area contributed by atoms with Crippen molar-refractivity contribution in [2.75, 3.05) is 36.2 Å². The first-order valence-corrected chi connectivity index (χ1v) is 11.8. The summed E-state index contributed by atoms with van der Waals surface area (Å²) >= 11 is 4.49. The van der Waals surface area contributed by atoms with Crippen LogP contribution in [-0.4, -0.2) is 45.3 Å². The monoisotopic (exact) mass is 490 g/mol. The second kappa shape index (κ2) is 10.1. The normalized spacial score (nSPS) is 20.2. The molecule has 1 aliphatic rings. The van der Waals surface area contributed by atoms with Crippen LogP contribution in [0.15, 0.2) is 27.8 Å². The van der Waals surface area contributed by atoms with E-state index in [-0.39, 0.29) is 10.4 Å². The number of unbranched alkanes of at least 4 members (excludes halogenated alkanes) is 1. The summed E-state index contributed by atoms with van der Waals surface area (Å²) in [5.74, 6) is -0.538. The van der Waals surface area contributed by atoms with Gasteiger partial charge in [-0.15, -0.1) is 0 Å². The van der Waals surface area contributed by atoms with E-state index in [0.29, 0.717) is 15.3 Å². The summed E-state index contributed by atoms with van der Waals surface area (Å²) in [5, 5.41) is 10.6. The summed E-state index contributed by atoms with van der Waals surface area (Å²) in [5.41, 5.74) is 0.849. The van der Waals surface area contributed by atoms with Gasteiger partial charge < -0.3 is 16.0 Å². The standard InChI is InChI=1S/C17H24BrFN6OS2/c1-17(4-7-20-10-17)23-6-3-2-5-21-14-9-13(19)15(8-12(14)18)28(26)25-16-22-11-24-27-16/h8-9,11,20-21,23H,2-7,10H2,1H3,(H,22,24,25). The molecule has 2 aromatic rings. The molecule has 0 amide bonds. The van der Waals surface area contributed by atoms with E-state index < -0.39 is 16.8 Å². The molecule has 0 aliphatic carbocycles. The first-order valence-electron chi connectivity index (χ1n) is 9.11. The molecule has 1 saturated heterocycles. The van der Waals surface area contributed by atoms with Crippen molar-refractivity contribution in [3.05, 3.63) is 28.7 Å². The lowest BCUT2D eigenvalue weighted by Gasteiger charge is -2.24. The highest BCUT2D eigenvalue weighted by Crippen LogP contribution is 2.28. The minimum absolute atomic E-state index is 0.0650. The number of benzene rings is 1. The van der Waals surface area contributed by atoms with Crippen LogP contribution >= 0.6 is 27.5 Å². The van der Waals surface area contributed by atoms with Crippen LogP contribution in [0.5, 0.6) is 0 Å². The summed E-state index contributed by atoms with van der Waals surface area (Å²) in [7, 11) is -1.75. The Balaban J connectivity index is 1.45. The molecule has 1 aliphatic heterocycles. The fraction of sp³-hybridized carbons (Fsp3) is 0.529. The van der Waals surface area contributed by atoms with E-state index >= 15 is 0 Å². The number of anilines is 2. The van der Waals surface area contributed by atoms with Crippen LogP contribution in [0.25, 0.3) is 0 Å². The number of aromatic nitrogens is 2. The minimum Gasteiger partial charge on any atom is -0.384 e. The maximum Gasteiger partial charge on any atom is 0.214 e. The molecule has 1 aromatic carbocycles. The Hall–Kier alpha value is -1.14. The van der Waals surface area contributed by atoms with Gasteiger partial charge >= 0.3 is 0 Å². The molecule has 3 rings (SSSR count). The Morgan fingerprint density at radius 3 is 2.93 bits per heavy atom. The predicted molar refractivity (Wildman–Crippen MR) is 116 cm³/mol. The Kier molecular flexibility index (Phi) is 7.75. The SMILES string of the molecule is CC1(NCCCCNc2cc(F)c(S(=O)Nc3ncns3)cc2Br)CCNC1. The van der Waals surface area contributed by atoms with Crippen molar-refractivity contribution in [1.82, 2.24) is 20.0 Å². The van der Waals surface area contributed by atoms with Crippen molar-refractivity contribution in [1.29, 1.82) is 0 Å². The van der Waals surface area contributed by atoms with Crippen molar-refractivity contribution in [2.24, 2.45) is 0 Å². The average molecular weight is 491 g/mol. The zero-order valence-corrected chi connectivity index (χ0v) is 18.8. The van der Waals surface area contributed by atoms with Crippen LogP contribution in [0.1, 0.15) is 26.2 Å². The van der Waals surface area contributed by atoms with E-state index in [0.717, 1.165) is 57.0 Å². The second-order valence-electron chi connectivity index (χ2n) is 6.93. The van der Waals surface area contributed by atoms with Gasteiger partial charge in [0.25, 0.3) is 0 Å². The quantitative estimate of drug-likeness (QED) is 0.382. The van der Waals surface area contributed by atoms with Crippen LogP contribution < -0.4 is 20.7 Å². The summed E-state index contributed by atoms with van der Waals surface area (Å²) in [4.78, 5) is 3.96. The van der Waals surface area contributed by atoms with Crippen LogP contribution in [0.4, 0.5) is 15.2 Å². The molecule has 28 heavy (non-hydrogen) atoms. The Bertz CT molecular complexity index is 801. The summed E-state index contributed by atoms with van der Waals surface area (Å²) in [6, 6.07) is 2.89. The van der Waals surface area contributed by atoms with Gasteiger partial charge in [0.1, 0.15) is 12.1 Å². The second-order valence-corrected chi connectivity index (χ2v) is 9.74. The van der Waals surface area contributed by atoms with Crippen LogP contribution in [0, 0.1) is 5.82 Å². The molecule has 0 spiro atoms. The summed E-state index contributed by atoms with van der Waals surface area (Å²) in [6.45, 7) is 6.03. The zero-order chi connectivity index (χ0) is 20.0. The molecule has 154 valence electrons. The van der Waals surface area contributed by atoms with Gasteiger partial charge in [-0.1, -0.05) is 0 Å². The molecule has 0 radical (unpaired) electrons. The van der Waals surface area contributed by atoms with E-state index in [4.69, 9.17) is 0 Å². The Morgan fingerprint density at radius 1 is 1.39 bits per heavy atom. The molecule has 1 fully saturated rings. The molecule has 4 N–H and O–H groups in total. The minimum atomic E-state index is -1.75. The lowest BCUT2D eigenvalue weighted by atomic mass is 10.0. The smallest absolute Gasteiger partial charge is 0.214 e. The largest absolute Gasteiger partial charge is 0.384 e. The van der Waals surface area contributed by atoms with Gasteiger partial charge in [0.2, 0.25) is 5.13 Å². The van der Waals surface area contributed by atoms with Gasteiger partial charge in [-0.3, -0.25) is 4.72 Å². The van der Waals surface area contributed by atoms with E-state index in [1.807, 2.05) is 0 Å². The van der Waals surface area contributed by atoms with Crippen LogP contribution in [0.3, 0.4) is 0 Å². The van der Waals surface area contributed by atoms with E-state index in [2.05, 4.69) is 52.9 Å². The maximum absolute atomic E-state index is 14.4. The van der Waals surface area contributed by atoms with Gasteiger partial charge in [-0.05, 0) is 67.3 Å². The number of halogens is 2. The van der Waals surface area contributed by atoms with Crippen molar-refractivity contribution >= 4 is 49.3 Å². The molecule has 2 heterocycles. The van der Waals surface area contributed by atoms with Crippen LogP contribution in [-0.2, 0) is 11.0 Å². The fourth-order valence-electron chi connectivity index (χ4n) is 2.99. The average Bonchev–Trinajstić information content (AvgIpc) is 3.32. The van der Waals surface area contributed by atoms with E-state index in [1.165, 1.54) is 18.5 Å². The molecule has 0 bridgehead atoms.